The lowest BCUT2D eigenvalue weighted by Gasteiger charge is -2.15. The number of halogens is 1. The number of nitrogens with zero attached hydrogens (tertiary/aromatic N) is 3. The molecule has 0 atom stereocenters. The van der Waals surface area contributed by atoms with E-state index in [9.17, 15) is 0 Å². The minimum atomic E-state index is -0.122. The molecule has 0 spiro atoms. The number of hydrogen-bond donors (Lipinski definition) is 1. The van der Waals surface area contributed by atoms with Gasteiger partial charge in [-0.1, -0.05) is 29.0 Å². The summed E-state index contributed by atoms with van der Waals surface area (Å²) in [5.41, 5.74) is 1.44. The smallest absolute Gasteiger partial charge is 0.191 e. The maximum Gasteiger partial charge on any atom is 0.191 e. The molecule has 1 aromatic carbocycles. The Labute approximate surface area is 114 Å². The quantitative estimate of drug-likeness (QED) is 0.938. The number of benzene rings is 1. The van der Waals surface area contributed by atoms with Crippen molar-refractivity contribution in [2.75, 3.05) is 11.9 Å². The summed E-state index contributed by atoms with van der Waals surface area (Å²) in [4.78, 5) is 6.64. The Morgan fingerprint density at radius 2 is 2.33 bits per heavy atom. The second-order valence-corrected chi connectivity index (χ2v) is 5.01. The Bertz CT molecular complexity index is 606. The first-order chi connectivity index (χ1) is 8.65. The Morgan fingerprint density at radius 1 is 1.56 bits per heavy atom. The topological polar surface area (TPSA) is 60.2 Å². The maximum atomic E-state index is 9.09. The van der Waals surface area contributed by atoms with Crippen LogP contribution in [0.4, 0.5) is 10.8 Å². The second-order valence-electron chi connectivity index (χ2n) is 3.59. The third-order valence-electron chi connectivity index (χ3n) is 2.43. The van der Waals surface area contributed by atoms with Crippen LogP contribution in [0, 0.1) is 11.3 Å². The first-order valence-electron chi connectivity index (χ1n) is 5.15. The highest BCUT2D eigenvalue weighted by molar-refractivity contribution is 7.16. The van der Waals surface area contributed by atoms with Crippen molar-refractivity contribution in [3.8, 4) is 6.07 Å². The zero-order chi connectivity index (χ0) is 13.1. The van der Waals surface area contributed by atoms with E-state index in [1.807, 2.05) is 24.1 Å². The van der Waals surface area contributed by atoms with E-state index in [2.05, 4.69) is 11.1 Å². The van der Waals surface area contributed by atoms with Crippen LogP contribution in [0.5, 0.6) is 0 Å². The number of aliphatic hydroxyl groups is 1. The first-order valence-corrected chi connectivity index (χ1v) is 6.35. The van der Waals surface area contributed by atoms with E-state index >= 15 is 0 Å². The molecule has 0 saturated heterocycles. The molecule has 0 radical (unpaired) electrons. The van der Waals surface area contributed by atoms with Crippen LogP contribution in [0.3, 0.4) is 0 Å². The van der Waals surface area contributed by atoms with Crippen molar-refractivity contribution < 1.29 is 5.11 Å². The molecule has 0 aliphatic rings. The summed E-state index contributed by atoms with van der Waals surface area (Å²) in [6.07, 6.45) is 0. The van der Waals surface area contributed by atoms with Gasteiger partial charge in [-0.15, -0.1) is 0 Å². The molecule has 1 N–H and O–H groups in total. The number of aliphatic hydroxyl groups excluding tert-OH is 1. The van der Waals surface area contributed by atoms with Crippen LogP contribution in [0.1, 0.15) is 10.4 Å². The largest absolute Gasteiger partial charge is 0.391 e. The average Bonchev–Trinajstić information content (AvgIpc) is 2.79. The van der Waals surface area contributed by atoms with Gasteiger partial charge in [0.25, 0.3) is 0 Å². The molecular weight excluding hydrogens is 270 g/mol. The van der Waals surface area contributed by atoms with E-state index in [4.69, 9.17) is 22.0 Å². The first kappa shape index (κ1) is 12.8. The van der Waals surface area contributed by atoms with Crippen molar-refractivity contribution in [1.29, 1.82) is 5.26 Å². The molecule has 0 bridgehead atoms. The minimum Gasteiger partial charge on any atom is -0.391 e. The molecular formula is C12H10ClN3OS. The Balaban J connectivity index is 2.35. The zero-order valence-corrected chi connectivity index (χ0v) is 11.2. The predicted molar refractivity (Wildman–Crippen MR) is 72.3 cm³/mol. The van der Waals surface area contributed by atoms with E-state index < -0.39 is 0 Å². The summed E-state index contributed by atoms with van der Waals surface area (Å²) < 4.78 is 0. The van der Waals surface area contributed by atoms with Crippen LogP contribution in [0.15, 0.2) is 24.3 Å². The fourth-order valence-electron chi connectivity index (χ4n) is 1.46. The molecule has 4 nitrogen and oxygen atoms in total. The molecule has 0 saturated carbocycles. The molecule has 18 heavy (non-hydrogen) atoms. The van der Waals surface area contributed by atoms with Crippen LogP contribution < -0.4 is 4.90 Å². The monoisotopic (exact) mass is 279 g/mol. The summed E-state index contributed by atoms with van der Waals surface area (Å²) >= 11 is 7.22. The third kappa shape index (κ3) is 2.46. The lowest BCUT2D eigenvalue weighted by atomic mass is 10.2. The van der Waals surface area contributed by atoms with Crippen molar-refractivity contribution in [1.82, 2.24) is 4.98 Å². The molecule has 1 aromatic heterocycles. The summed E-state index contributed by atoms with van der Waals surface area (Å²) in [6, 6.07) is 9.30. The fraction of sp³-hybridized carbons (Fsp3) is 0.167. The number of thiazole rings is 1. The number of nitriles is 1. The Morgan fingerprint density at radius 3 is 2.94 bits per heavy atom. The summed E-state index contributed by atoms with van der Waals surface area (Å²) in [6.45, 7) is -0.122. The lowest BCUT2D eigenvalue weighted by molar-refractivity contribution is 0.285. The maximum absolute atomic E-state index is 9.09. The molecule has 0 unspecified atom stereocenters. The average molecular weight is 280 g/mol. The molecule has 6 heteroatoms. The lowest BCUT2D eigenvalue weighted by Crippen LogP contribution is -2.08. The number of aromatic nitrogens is 1. The van der Waals surface area contributed by atoms with E-state index in [-0.39, 0.29) is 6.61 Å². The SMILES string of the molecule is CN(c1cccc(C#N)c1)c1nc(Cl)c(CO)s1. The number of rotatable bonds is 3. The molecule has 92 valence electrons. The summed E-state index contributed by atoms with van der Waals surface area (Å²) in [7, 11) is 1.84. The number of anilines is 2. The highest BCUT2D eigenvalue weighted by atomic mass is 35.5. The normalized spacial score (nSPS) is 10.1. The van der Waals surface area contributed by atoms with Crippen molar-refractivity contribution in [3.63, 3.8) is 0 Å². The van der Waals surface area contributed by atoms with Crippen LogP contribution in [0.25, 0.3) is 0 Å². The molecule has 0 fully saturated rings. The van der Waals surface area contributed by atoms with Gasteiger partial charge in [-0.25, -0.2) is 4.98 Å². The molecule has 0 aliphatic heterocycles. The van der Waals surface area contributed by atoms with Crippen molar-refractivity contribution in [3.05, 3.63) is 39.9 Å². The molecule has 2 aromatic rings. The highest BCUT2D eigenvalue weighted by Gasteiger charge is 2.13. The Hall–Kier alpha value is -1.61. The highest BCUT2D eigenvalue weighted by Crippen LogP contribution is 2.32. The van der Waals surface area contributed by atoms with E-state index in [1.165, 1.54) is 11.3 Å². The van der Waals surface area contributed by atoms with Gasteiger partial charge in [-0.05, 0) is 18.2 Å². The van der Waals surface area contributed by atoms with Crippen LogP contribution >= 0.6 is 22.9 Å². The van der Waals surface area contributed by atoms with Gasteiger partial charge in [0.15, 0.2) is 5.13 Å². The van der Waals surface area contributed by atoms with E-state index in [0.29, 0.717) is 20.7 Å². The molecule has 0 aliphatic carbocycles. The van der Waals surface area contributed by atoms with Gasteiger partial charge in [0, 0.05) is 12.7 Å². The van der Waals surface area contributed by atoms with Crippen LogP contribution in [0.2, 0.25) is 5.15 Å². The molecule has 1 heterocycles. The summed E-state index contributed by atoms with van der Waals surface area (Å²) in [5.74, 6) is 0. The fourth-order valence-corrected chi connectivity index (χ4v) is 2.56. The van der Waals surface area contributed by atoms with Gasteiger partial charge in [0.1, 0.15) is 5.15 Å². The van der Waals surface area contributed by atoms with Crippen LogP contribution in [-0.2, 0) is 6.61 Å². The van der Waals surface area contributed by atoms with E-state index in [1.54, 1.807) is 12.1 Å². The van der Waals surface area contributed by atoms with E-state index in [0.717, 1.165) is 5.69 Å². The van der Waals surface area contributed by atoms with Crippen molar-refractivity contribution in [2.24, 2.45) is 0 Å². The third-order valence-corrected chi connectivity index (χ3v) is 3.97. The van der Waals surface area contributed by atoms with Crippen molar-refractivity contribution in [2.45, 2.75) is 6.61 Å². The number of hydrogen-bond acceptors (Lipinski definition) is 5. The van der Waals surface area contributed by atoms with Gasteiger partial charge in [0.2, 0.25) is 0 Å². The van der Waals surface area contributed by atoms with Gasteiger partial charge < -0.3 is 10.0 Å². The molecule has 2 rings (SSSR count). The minimum absolute atomic E-state index is 0.122. The van der Waals surface area contributed by atoms with Crippen molar-refractivity contribution >= 4 is 33.8 Å². The standard InChI is InChI=1S/C12H10ClN3OS/c1-16(9-4-2-3-8(5-9)6-14)12-15-11(13)10(7-17)18-12/h2-5,17H,7H2,1H3. The second kappa shape index (κ2) is 5.36. The van der Waals surface area contributed by atoms with Gasteiger partial charge in [0.05, 0.1) is 23.1 Å². The molecule has 0 amide bonds. The zero-order valence-electron chi connectivity index (χ0n) is 9.59. The van der Waals surface area contributed by atoms with Gasteiger partial charge >= 0.3 is 0 Å². The van der Waals surface area contributed by atoms with Gasteiger partial charge in [-0.2, -0.15) is 5.26 Å². The van der Waals surface area contributed by atoms with Crippen LogP contribution in [-0.4, -0.2) is 17.1 Å². The Kier molecular flexibility index (Phi) is 3.82. The summed E-state index contributed by atoms with van der Waals surface area (Å²) in [5, 5.41) is 19.0. The predicted octanol–water partition coefficient (Wildman–Crippen LogP) is 2.93. The van der Waals surface area contributed by atoms with Gasteiger partial charge in [-0.3, -0.25) is 0 Å².